The van der Waals surface area contributed by atoms with Crippen LogP contribution in [0.25, 0.3) is 0 Å². The zero-order valence-electron chi connectivity index (χ0n) is 16.1. The van der Waals surface area contributed by atoms with Gasteiger partial charge in [-0.25, -0.2) is 4.39 Å². The molecule has 0 aliphatic heterocycles. The molecule has 0 saturated carbocycles. The molecule has 28 heavy (non-hydrogen) atoms. The number of halogens is 1. The molecule has 0 spiro atoms. The fourth-order valence-corrected chi connectivity index (χ4v) is 2.59. The Labute approximate surface area is 169 Å². The summed E-state index contributed by atoms with van der Waals surface area (Å²) >= 11 is 5.16. The highest BCUT2D eigenvalue weighted by molar-refractivity contribution is 7.80. The number of rotatable bonds is 9. The van der Waals surface area contributed by atoms with Crippen LogP contribution in [0.1, 0.15) is 18.1 Å². The lowest BCUT2D eigenvalue weighted by Crippen LogP contribution is -2.40. The zero-order valence-corrected chi connectivity index (χ0v) is 16.9. The van der Waals surface area contributed by atoms with Crippen molar-refractivity contribution in [3.05, 3.63) is 59.4 Å². The van der Waals surface area contributed by atoms with Gasteiger partial charge in [0.2, 0.25) is 0 Å². The van der Waals surface area contributed by atoms with Crippen LogP contribution < -0.4 is 20.2 Å². The van der Waals surface area contributed by atoms with Gasteiger partial charge >= 0.3 is 0 Å². The van der Waals surface area contributed by atoms with Crippen LogP contribution >= 0.6 is 12.2 Å². The zero-order chi connectivity index (χ0) is 20.4. The van der Waals surface area contributed by atoms with Crippen LogP contribution in [0.2, 0.25) is 0 Å². The number of hydrazone groups is 1. The van der Waals surface area contributed by atoms with Crippen molar-refractivity contribution in [1.29, 1.82) is 0 Å². The quantitative estimate of drug-likeness (QED) is 0.379. The first-order valence-corrected chi connectivity index (χ1v) is 9.06. The number of nitrogens with one attached hydrogen (secondary N) is 2. The number of nitrogens with zero attached hydrogens (tertiary/aromatic N) is 1. The molecule has 0 aromatic heterocycles. The monoisotopic (exact) mass is 405 g/mol. The van der Waals surface area contributed by atoms with E-state index in [-0.39, 0.29) is 11.9 Å². The molecule has 0 bridgehead atoms. The molecule has 6 nitrogen and oxygen atoms in total. The van der Waals surface area contributed by atoms with E-state index in [1.807, 2.05) is 13.0 Å². The molecule has 2 aromatic rings. The molecule has 2 aromatic carbocycles. The molecule has 150 valence electrons. The molecule has 8 heteroatoms. The molecular weight excluding hydrogens is 381 g/mol. The topological polar surface area (TPSA) is 64.1 Å². The minimum absolute atomic E-state index is 0.0813. The average Bonchev–Trinajstić information content (AvgIpc) is 2.68. The van der Waals surface area contributed by atoms with Gasteiger partial charge < -0.3 is 19.5 Å². The molecule has 0 amide bonds. The average molecular weight is 405 g/mol. The van der Waals surface area contributed by atoms with Gasteiger partial charge in [0.1, 0.15) is 12.4 Å². The van der Waals surface area contributed by atoms with Crippen molar-refractivity contribution in [2.24, 2.45) is 5.10 Å². The van der Waals surface area contributed by atoms with Gasteiger partial charge in [0.15, 0.2) is 16.6 Å². The van der Waals surface area contributed by atoms with Gasteiger partial charge in [-0.15, -0.1) is 0 Å². The summed E-state index contributed by atoms with van der Waals surface area (Å²) < 4.78 is 29.2. The number of ether oxygens (including phenoxy) is 3. The van der Waals surface area contributed by atoms with E-state index < -0.39 is 0 Å². The SMILES string of the molecule is COC[C@H](C)NC(=S)N/N=C\c1ccc(OCc2ccc(F)cc2)c(OC)c1. The summed E-state index contributed by atoms with van der Waals surface area (Å²) in [6.07, 6.45) is 1.63. The molecule has 0 saturated heterocycles. The maximum atomic E-state index is 13.0. The van der Waals surface area contributed by atoms with Crippen molar-refractivity contribution in [2.75, 3.05) is 20.8 Å². The fourth-order valence-electron chi connectivity index (χ4n) is 2.34. The number of methoxy groups -OCH3 is 2. The Balaban J connectivity index is 1.92. The van der Waals surface area contributed by atoms with Crippen LogP contribution in [0.4, 0.5) is 4.39 Å². The van der Waals surface area contributed by atoms with Gasteiger partial charge in [-0.1, -0.05) is 12.1 Å². The molecule has 0 unspecified atom stereocenters. The minimum atomic E-state index is -0.276. The minimum Gasteiger partial charge on any atom is -0.493 e. The third-order valence-corrected chi connectivity index (χ3v) is 3.88. The van der Waals surface area contributed by atoms with Crippen LogP contribution in [-0.4, -0.2) is 38.2 Å². The van der Waals surface area contributed by atoms with Crippen LogP contribution in [0.3, 0.4) is 0 Å². The number of thiocarbonyl (C=S) groups is 1. The largest absolute Gasteiger partial charge is 0.493 e. The summed E-state index contributed by atoms with van der Waals surface area (Å²) in [6, 6.07) is 11.7. The van der Waals surface area contributed by atoms with Gasteiger partial charge in [-0.2, -0.15) is 5.10 Å². The van der Waals surface area contributed by atoms with Crippen LogP contribution in [0.5, 0.6) is 11.5 Å². The number of hydrogen-bond donors (Lipinski definition) is 2. The fraction of sp³-hybridized carbons (Fsp3) is 0.300. The Hall–Kier alpha value is -2.71. The second-order valence-electron chi connectivity index (χ2n) is 6.03. The maximum Gasteiger partial charge on any atom is 0.187 e. The van der Waals surface area contributed by atoms with Crippen molar-refractivity contribution >= 4 is 23.5 Å². The molecule has 0 fully saturated rings. The third-order valence-electron chi connectivity index (χ3n) is 3.67. The Morgan fingerprint density at radius 1 is 1.18 bits per heavy atom. The Morgan fingerprint density at radius 3 is 2.61 bits per heavy atom. The van der Waals surface area contributed by atoms with E-state index >= 15 is 0 Å². The summed E-state index contributed by atoms with van der Waals surface area (Å²) in [5, 5.41) is 7.57. The van der Waals surface area contributed by atoms with E-state index in [0.29, 0.717) is 29.8 Å². The first kappa shape index (κ1) is 21.6. The van der Waals surface area contributed by atoms with Crippen LogP contribution in [0.15, 0.2) is 47.6 Å². The van der Waals surface area contributed by atoms with Gasteiger partial charge in [0.25, 0.3) is 0 Å². The van der Waals surface area contributed by atoms with Gasteiger partial charge in [-0.3, -0.25) is 5.43 Å². The highest BCUT2D eigenvalue weighted by atomic mass is 32.1. The number of hydrogen-bond acceptors (Lipinski definition) is 5. The molecule has 2 N–H and O–H groups in total. The van der Waals surface area contributed by atoms with E-state index in [4.69, 9.17) is 26.4 Å². The lowest BCUT2D eigenvalue weighted by atomic mass is 10.2. The molecule has 0 radical (unpaired) electrons. The molecule has 1 atom stereocenters. The van der Waals surface area contributed by atoms with Crippen molar-refractivity contribution in [1.82, 2.24) is 10.7 Å². The highest BCUT2D eigenvalue weighted by Crippen LogP contribution is 2.28. The standard InChI is InChI=1S/C20H24FN3O3S/c1-14(12-25-2)23-20(28)24-22-11-16-6-9-18(19(10-16)26-3)27-13-15-4-7-17(21)8-5-15/h4-11,14H,12-13H2,1-3H3,(H2,23,24,28)/b22-11-/t14-/m0/s1. The summed E-state index contributed by atoms with van der Waals surface area (Å²) in [7, 11) is 3.20. The highest BCUT2D eigenvalue weighted by Gasteiger charge is 2.06. The Morgan fingerprint density at radius 2 is 1.93 bits per heavy atom. The molecule has 0 heterocycles. The summed E-state index contributed by atoms with van der Waals surface area (Å²) in [6.45, 7) is 2.81. The molecule has 0 aliphatic carbocycles. The lowest BCUT2D eigenvalue weighted by molar-refractivity contribution is 0.179. The number of benzene rings is 2. The van der Waals surface area contributed by atoms with E-state index in [1.165, 1.54) is 12.1 Å². The summed E-state index contributed by atoms with van der Waals surface area (Å²) in [5.41, 5.74) is 4.43. The lowest BCUT2D eigenvalue weighted by Gasteiger charge is -2.14. The van der Waals surface area contributed by atoms with Crippen molar-refractivity contribution in [3.63, 3.8) is 0 Å². The summed E-state index contributed by atoms with van der Waals surface area (Å²) in [4.78, 5) is 0. The first-order valence-electron chi connectivity index (χ1n) is 8.65. The van der Waals surface area contributed by atoms with Gasteiger partial charge in [0.05, 0.1) is 19.9 Å². The second kappa shape index (κ2) is 11.2. The van der Waals surface area contributed by atoms with E-state index in [1.54, 1.807) is 44.7 Å². The predicted molar refractivity (Wildman–Crippen MR) is 112 cm³/mol. The molecule has 0 aliphatic rings. The van der Waals surface area contributed by atoms with Gasteiger partial charge in [0, 0.05) is 13.2 Å². The van der Waals surface area contributed by atoms with E-state index in [9.17, 15) is 4.39 Å². The normalized spacial score (nSPS) is 11.9. The maximum absolute atomic E-state index is 13.0. The van der Waals surface area contributed by atoms with Crippen LogP contribution in [-0.2, 0) is 11.3 Å². The third kappa shape index (κ3) is 7.13. The molecule has 2 rings (SSSR count). The van der Waals surface area contributed by atoms with Gasteiger partial charge in [-0.05, 0) is 60.6 Å². The second-order valence-corrected chi connectivity index (χ2v) is 6.43. The first-order chi connectivity index (χ1) is 13.5. The van der Waals surface area contributed by atoms with Crippen molar-refractivity contribution < 1.29 is 18.6 Å². The Bertz CT molecular complexity index is 800. The van der Waals surface area contributed by atoms with E-state index in [0.717, 1.165) is 11.1 Å². The van der Waals surface area contributed by atoms with Crippen LogP contribution in [0, 0.1) is 5.82 Å². The van der Waals surface area contributed by atoms with E-state index in [2.05, 4.69) is 15.8 Å². The summed E-state index contributed by atoms with van der Waals surface area (Å²) in [5.74, 6) is 0.879. The Kier molecular flexibility index (Phi) is 8.64. The molecular formula is C20H24FN3O3S. The van der Waals surface area contributed by atoms with Crippen molar-refractivity contribution in [3.8, 4) is 11.5 Å². The van der Waals surface area contributed by atoms with Crippen molar-refractivity contribution in [2.45, 2.75) is 19.6 Å². The smallest absolute Gasteiger partial charge is 0.187 e. The predicted octanol–water partition coefficient (Wildman–Crippen LogP) is 3.25.